The molecule has 7 nitrogen and oxygen atoms in total. The number of nitrogens with zero attached hydrogens (tertiary/aromatic N) is 1. The lowest BCUT2D eigenvalue weighted by Crippen LogP contribution is -2.33. The first kappa shape index (κ1) is 20.7. The fourth-order valence-corrected chi connectivity index (χ4v) is 3.18. The highest BCUT2D eigenvalue weighted by Gasteiger charge is 2.38. The lowest BCUT2D eigenvalue weighted by Gasteiger charge is -2.20. The molecule has 1 heterocycles. The Balaban J connectivity index is 1.60. The molecule has 2 atom stereocenters. The predicted octanol–water partition coefficient (Wildman–Crippen LogP) is 3.27. The predicted molar refractivity (Wildman–Crippen MR) is 109 cm³/mol. The van der Waals surface area contributed by atoms with Crippen LogP contribution in [0.15, 0.2) is 48.5 Å². The molecular weight excluding hydrogens is 396 g/mol. The van der Waals surface area contributed by atoms with Crippen molar-refractivity contribution >= 4 is 40.8 Å². The van der Waals surface area contributed by atoms with Gasteiger partial charge in [0.05, 0.1) is 18.7 Å². The van der Waals surface area contributed by atoms with Crippen molar-refractivity contribution in [2.45, 2.75) is 19.4 Å². The number of para-hydroxylation sites is 2. The lowest BCUT2D eigenvalue weighted by molar-refractivity contribution is -0.157. The Kier molecular flexibility index (Phi) is 6.39. The molecule has 0 unspecified atom stereocenters. The largest absolute Gasteiger partial charge is 0.495 e. The first-order valence-electron chi connectivity index (χ1n) is 9.09. The van der Waals surface area contributed by atoms with E-state index in [1.807, 2.05) is 0 Å². The van der Waals surface area contributed by atoms with E-state index in [1.165, 1.54) is 18.9 Å². The molecule has 29 heavy (non-hydrogen) atoms. The summed E-state index contributed by atoms with van der Waals surface area (Å²) < 4.78 is 10.6. The molecule has 152 valence electrons. The Bertz CT molecular complexity index is 916. The van der Waals surface area contributed by atoms with E-state index < -0.39 is 23.9 Å². The molecule has 1 aliphatic heterocycles. The first-order chi connectivity index (χ1) is 13.9. The van der Waals surface area contributed by atoms with Crippen LogP contribution in [0.1, 0.15) is 13.3 Å². The van der Waals surface area contributed by atoms with Crippen molar-refractivity contribution in [3.63, 3.8) is 0 Å². The van der Waals surface area contributed by atoms with Gasteiger partial charge in [0.15, 0.2) is 6.10 Å². The van der Waals surface area contributed by atoms with Crippen LogP contribution in [0.5, 0.6) is 5.75 Å². The zero-order chi connectivity index (χ0) is 21.0. The Labute approximate surface area is 173 Å². The van der Waals surface area contributed by atoms with Gasteiger partial charge in [0.1, 0.15) is 5.75 Å². The quantitative estimate of drug-likeness (QED) is 0.730. The fourth-order valence-electron chi connectivity index (χ4n) is 3.05. The van der Waals surface area contributed by atoms with Gasteiger partial charge in [-0.25, -0.2) is 0 Å². The number of halogens is 1. The molecule has 0 saturated carbocycles. The number of hydrogen-bond acceptors (Lipinski definition) is 5. The number of methoxy groups -OCH3 is 1. The summed E-state index contributed by atoms with van der Waals surface area (Å²) in [5.74, 6) is -1.36. The molecule has 0 bridgehead atoms. The van der Waals surface area contributed by atoms with Crippen LogP contribution in [-0.2, 0) is 19.1 Å². The van der Waals surface area contributed by atoms with E-state index in [-0.39, 0.29) is 18.9 Å². The van der Waals surface area contributed by atoms with E-state index in [0.29, 0.717) is 22.1 Å². The standard InChI is InChI=1S/C21H21ClN2O5/c1-13(20(26)23-16-9-7-15(22)8-10-16)29-21(27)14-11-19(25)24(12-14)17-5-3-4-6-18(17)28-2/h3-10,13-14H,11-12H2,1-2H3,(H,23,26)/t13-,14+/m1/s1. The average molecular weight is 417 g/mol. The van der Waals surface area contributed by atoms with E-state index in [1.54, 1.807) is 48.5 Å². The summed E-state index contributed by atoms with van der Waals surface area (Å²) in [6.45, 7) is 1.65. The van der Waals surface area contributed by atoms with Gasteiger partial charge >= 0.3 is 5.97 Å². The van der Waals surface area contributed by atoms with Crippen LogP contribution in [0.3, 0.4) is 0 Å². The van der Waals surface area contributed by atoms with E-state index in [4.69, 9.17) is 21.1 Å². The molecule has 2 aromatic rings. The maximum Gasteiger partial charge on any atom is 0.312 e. The highest BCUT2D eigenvalue weighted by atomic mass is 35.5. The molecule has 1 fully saturated rings. The van der Waals surface area contributed by atoms with Crippen molar-refractivity contribution in [3.05, 3.63) is 53.6 Å². The number of anilines is 2. The maximum absolute atomic E-state index is 12.5. The van der Waals surface area contributed by atoms with Crippen LogP contribution in [0.2, 0.25) is 5.02 Å². The lowest BCUT2D eigenvalue weighted by atomic mass is 10.1. The number of carbonyl (C=O) groups excluding carboxylic acids is 3. The fraction of sp³-hybridized carbons (Fsp3) is 0.286. The zero-order valence-corrected chi connectivity index (χ0v) is 16.8. The number of rotatable bonds is 6. The number of esters is 1. The summed E-state index contributed by atoms with van der Waals surface area (Å²) in [4.78, 5) is 38.7. The third kappa shape index (κ3) is 4.86. The monoisotopic (exact) mass is 416 g/mol. The van der Waals surface area contributed by atoms with Gasteiger partial charge in [0.25, 0.3) is 5.91 Å². The normalized spacial score (nSPS) is 17.0. The molecule has 0 aromatic heterocycles. The van der Waals surface area contributed by atoms with Crippen LogP contribution in [0, 0.1) is 5.92 Å². The summed E-state index contributed by atoms with van der Waals surface area (Å²) in [5, 5.41) is 3.20. The number of carbonyl (C=O) groups is 3. The molecule has 0 spiro atoms. The Morgan fingerprint density at radius 2 is 1.86 bits per heavy atom. The van der Waals surface area contributed by atoms with Crippen LogP contribution < -0.4 is 15.0 Å². The van der Waals surface area contributed by atoms with E-state index >= 15 is 0 Å². The van der Waals surface area contributed by atoms with Gasteiger partial charge in [-0.05, 0) is 43.3 Å². The van der Waals surface area contributed by atoms with E-state index in [2.05, 4.69) is 5.32 Å². The molecule has 1 saturated heterocycles. The van der Waals surface area contributed by atoms with E-state index in [0.717, 1.165) is 0 Å². The maximum atomic E-state index is 12.5. The van der Waals surface area contributed by atoms with Gasteiger partial charge in [0, 0.05) is 23.7 Å². The minimum absolute atomic E-state index is 0.0163. The van der Waals surface area contributed by atoms with Crippen LogP contribution >= 0.6 is 11.6 Å². The third-order valence-corrected chi connectivity index (χ3v) is 4.86. The first-order valence-corrected chi connectivity index (χ1v) is 9.47. The summed E-state index contributed by atoms with van der Waals surface area (Å²) in [6, 6.07) is 13.7. The number of nitrogens with one attached hydrogen (secondary N) is 1. The van der Waals surface area contributed by atoms with Crippen LogP contribution in [-0.4, -0.2) is 37.5 Å². The second-order valence-electron chi connectivity index (χ2n) is 6.65. The van der Waals surface area contributed by atoms with Gasteiger partial charge in [-0.2, -0.15) is 0 Å². The second kappa shape index (κ2) is 8.96. The zero-order valence-electron chi connectivity index (χ0n) is 16.1. The Morgan fingerprint density at radius 1 is 1.17 bits per heavy atom. The number of ether oxygens (including phenoxy) is 2. The summed E-state index contributed by atoms with van der Waals surface area (Å²) >= 11 is 5.82. The van der Waals surface area contributed by atoms with Crippen molar-refractivity contribution in [1.82, 2.24) is 0 Å². The third-order valence-electron chi connectivity index (χ3n) is 4.61. The minimum Gasteiger partial charge on any atom is -0.495 e. The number of hydrogen-bond donors (Lipinski definition) is 1. The highest BCUT2D eigenvalue weighted by Crippen LogP contribution is 2.33. The van der Waals surface area contributed by atoms with Gasteiger partial charge in [-0.15, -0.1) is 0 Å². The summed E-state index contributed by atoms with van der Waals surface area (Å²) in [5.41, 5.74) is 1.14. The molecular formula is C21H21ClN2O5. The van der Waals surface area contributed by atoms with Crippen molar-refractivity contribution in [2.24, 2.45) is 5.92 Å². The van der Waals surface area contributed by atoms with Gasteiger partial charge in [-0.1, -0.05) is 23.7 Å². The molecule has 3 rings (SSSR count). The van der Waals surface area contributed by atoms with Crippen molar-refractivity contribution in [3.8, 4) is 5.75 Å². The highest BCUT2D eigenvalue weighted by molar-refractivity contribution is 6.30. The molecule has 1 N–H and O–H groups in total. The van der Waals surface area contributed by atoms with Crippen molar-refractivity contribution in [2.75, 3.05) is 23.9 Å². The molecule has 2 aromatic carbocycles. The second-order valence-corrected chi connectivity index (χ2v) is 7.09. The number of amides is 2. The Hall–Kier alpha value is -3.06. The molecule has 0 radical (unpaired) electrons. The summed E-state index contributed by atoms with van der Waals surface area (Å²) in [7, 11) is 1.52. The van der Waals surface area contributed by atoms with Crippen molar-refractivity contribution < 1.29 is 23.9 Å². The molecule has 1 aliphatic rings. The average Bonchev–Trinajstić information content (AvgIpc) is 3.11. The number of benzene rings is 2. The summed E-state index contributed by atoms with van der Waals surface area (Å²) in [6.07, 6.45) is -0.990. The van der Waals surface area contributed by atoms with Crippen LogP contribution in [0.25, 0.3) is 0 Å². The van der Waals surface area contributed by atoms with E-state index in [9.17, 15) is 14.4 Å². The topological polar surface area (TPSA) is 84.9 Å². The molecule has 2 amide bonds. The minimum atomic E-state index is -1.01. The smallest absolute Gasteiger partial charge is 0.312 e. The van der Waals surface area contributed by atoms with Gasteiger partial charge in [0.2, 0.25) is 5.91 Å². The molecule has 8 heteroatoms. The SMILES string of the molecule is COc1ccccc1N1C[C@@H](C(=O)O[C@H](C)C(=O)Nc2ccc(Cl)cc2)CC1=O. The van der Waals surface area contributed by atoms with Crippen LogP contribution in [0.4, 0.5) is 11.4 Å². The molecule has 0 aliphatic carbocycles. The van der Waals surface area contributed by atoms with Gasteiger partial charge in [-0.3, -0.25) is 14.4 Å². The Morgan fingerprint density at radius 3 is 2.55 bits per heavy atom. The van der Waals surface area contributed by atoms with Gasteiger partial charge < -0.3 is 19.7 Å². The van der Waals surface area contributed by atoms with Crippen molar-refractivity contribution in [1.29, 1.82) is 0 Å².